The molecule has 0 atom stereocenters. The van der Waals surface area contributed by atoms with Gasteiger partial charge in [0, 0.05) is 20.1 Å². The average Bonchev–Trinajstić information content (AvgIpc) is 3.07. The Morgan fingerprint density at radius 2 is 1.73 bits per heavy atom. The molecule has 0 spiro atoms. The molecule has 1 saturated heterocycles. The first-order chi connectivity index (χ1) is 15.9. The molecule has 9 heteroatoms. The van der Waals surface area contributed by atoms with Gasteiger partial charge in [0.25, 0.3) is 11.8 Å². The van der Waals surface area contributed by atoms with Gasteiger partial charge >= 0.3 is 0 Å². The van der Waals surface area contributed by atoms with Gasteiger partial charge in [-0.2, -0.15) is 5.01 Å². The first-order valence-corrected chi connectivity index (χ1v) is 12.5. The molecule has 0 unspecified atom stereocenters. The highest BCUT2D eigenvalue weighted by atomic mass is 79.9. The van der Waals surface area contributed by atoms with Gasteiger partial charge in [0.15, 0.2) is 4.32 Å². The minimum atomic E-state index is -0.422. The van der Waals surface area contributed by atoms with E-state index >= 15 is 0 Å². The highest BCUT2D eigenvalue weighted by molar-refractivity contribution is 9.10. The number of carbonyl (C=O) groups is 2. The molecule has 0 aromatic heterocycles. The van der Waals surface area contributed by atoms with Crippen LogP contribution in [0.5, 0.6) is 5.75 Å². The number of ether oxygens (including phenoxy) is 1. The maximum absolute atomic E-state index is 13.0. The van der Waals surface area contributed by atoms with Crippen molar-refractivity contribution in [1.29, 1.82) is 0 Å². The molecule has 1 heterocycles. The van der Waals surface area contributed by atoms with E-state index in [0.29, 0.717) is 22.8 Å². The lowest BCUT2D eigenvalue weighted by atomic mass is 10.1. The fourth-order valence-electron chi connectivity index (χ4n) is 2.97. The summed E-state index contributed by atoms with van der Waals surface area (Å²) in [6, 6.07) is 22.2. The zero-order valence-corrected chi connectivity index (χ0v) is 21.8. The number of carbonyl (C=O) groups excluding carboxylic acids is 2. The van der Waals surface area contributed by atoms with Gasteiger partial charge in [-0.05, 0) is 66.3 Å². The van der Waals surface area contributed by atoms with Gasteiger partial charge in [0.1, 0.15) is 12.4 Å². The summed E-state index contributed by atoms with van der Waals surface area (Å²) in [6.45, 7) is 0.396. The highest BCUT2D eigenvalue weighted by Crippen LogP contribution is 2.34. The molecule has 166 valence electrons. The van der Waals surface area contributed by atoms with E-state index in [1.54, 1.807) is 30.3 Å². The maximum Gasteiger partial charge on any atom is 0.285 e. The second kappa shape index (κ2) is 10.6. The SMILES string of the molecule is O=C(NN1C(=O)/C(=C/c2cc(Br)ccc2OCc2ccccc2)SC1=S)c1ccc(Br)cc1. The van der Waals surface area contributed by atoms with Crippen LogP contribution in [-0.4, -0.2) is 21.1 Å². The maximum atomic E-state index is 13.0. The van der Waals surface area contributed by atoms with Crippen molar-refractivity contribution in [3.05, 3.63) is 103 Å². The molecule has 0 aliphatic carbocycles. The van der Waals surface area contributed by atoms with Crippen molar-refractivity contribution in [2.24, 2.45) is 0 Å². The first-order valence-electron chi connectivity index (χ1n) is 9.71. The van der Waals surface area contributed by atoms with E-state index in [4.69, 9.17) is 17.0 Å². The van der Waals surface area contributed by atoms with Gasteiger partial charge in [-0.25, -0.2) is 0 Å². The first kappa shape index (κ1) is 23.7. The van der Waals surface area contributed by atoms with Crippen LogP contribution in [0.15, 0.2) is 86.6 Å². The number of hydrazine groups is 1. The summed E-state index contributed by atoms with van der Waals surface area (Å²) >= 11 is 13.3. The van der Waals surface area contributed by atoms with Crippen LogP contribution >= 0.6 is 55.8 Å². The van der Waals surface area contributed by atoms with Crippen molar-refractivity contribution in [3.63, 3.8) is 0 Å². The van der Waals surface area contributed by atoms with Crippen molar-refractivity contribution in [2.75, 3.05) is 0 Å². The largest absolute Gasteiger partial charge is 0.488 e. The lowest BCUT2D eigenvalue weighted by molar-refractivity contribution is -0.123. The second-order valence-electron chi connectivity index (χ2n) is 6.92. The Labute approximate surface area is 217 Å². The van der Waals surface area contributed by atoms with E-state index in [2.05, 4.69) is 37.3 Å². The number of nitrogens with one attached hydrogen (secondary N) is 1. The van der Waals surface area contributed by atoms with Crippen molar-refractivity contribution < 1.29 is 14.3 Å². The molecular weight excluding hydrogens is 588 g/mol. The van der Waals surface area contributed by atoms with E-state index in [1.807, 2.05) is 48.5 Å². The van der Waals surface area contributed by atoms with E-state index in [0.717, 1.165) is 36.8 Å². The van der Waals surface area contributed by atoms with Crippen molar-refractivity contribution in [1.82, 2.24) is 10.4 Å². The lowest BCUT2D eigenvalue weighted by Crippen LogP contribution is -2.44. The lowest BCUT2D eigenvalue weighted by Gasteiger charge is -2.15. The van der Waals surface area contributed by atoms with E-state index < -0.39 is 11.8 Å². The molecule has 5 nitrogen and oxygen atoms in total. The standard InChI is InChI=1S/C24H16Br2N2O3S2/c25-18-8-6-16(7-9-18)22(29)27-28-23(30)21(33-24(28)32)13-17-12-19(26)10-11-20(17)31-14-15-4-2-1-3-5-15/h1-13H,14H2,(H,27,29)/b21-13-. The number of nitrogens with zero attached hydrogens (tertiary/aromatic N) is 1. The molecular formula is C24H16Br2N2O3S2. The van der Waals surface area contributed by atoms with Crippen LogP contribution in [0.3, 0.4) is 0 Å². The summed E-state index contributed by atoms with van der Waals surface area (Å²) in [4.78, 5) is 25.9. The van der Waals surface area contributed by atoms with Crippen LogP contribution in [0.1, 0.15) is 21.5 Å². The number of thioether (sulfide) groups is 1. The summed E-state index contributed by atoms with van der Waals surface area (Å²) < 4.78 is 7.95. The number of rotatable bonds is 6. The summed E-state index contributed by atoms with van der Waals surface area (Å²) in [5, 5.41) is 1.10. The summed E-state index contributed by atoms with van der Waals surface area (Å²) in [5.74, 6) is -0.190. The quantitative estimate of drug-likeness (QED) is 0.263. The fourth-order valence-corrected chi connectivity index (χ4v) is 4.79. The second-order valence-corrected chi connectivity index (χ2v) is 10.4. The minimum Gasteiger partial charge on any atom is -0.488 e. The Bertz CT molecular complexity index is 1250. The predicted molar refractivity (Wildman–Crippen MR) is 142 cm³/mol. The summed E-state index contributed by atoms with van der Waals surface area (Å²) in [5.41, 5.74) is 4.76. The topological polar surface area (TPSA) is 58.6 Å². The highest BCUT2D eigenvalue weighted by Gasteiger charge is 2.34. The third kappa shape index (κ3) is 5.92. The third-order valence-electron chi connectivity index (χ3n) is 4.61. The van der Waals surface area contributed by atoms with E-state index in [1.165, 1.54) is 0 Å². The van der Waals surface area contributed by atoms with Crippen LogP contribution < -0.4 is 10.2 Å². The van der Waals surface area contributed by atoms with Gasteiger partial charge in [-0.3, -0.25) is 15.0 Å². The molecule has 3 aromatic rings. The van der Waals surface area contributed by atoms with Gasteiger partial charge in [0.2, 0.25) is 0 Å². The van der Waals surface area contributed by atoms with Crippen LogP contribution in [0.25, 0.3) is 6.08 Å². The number of amides is 2. The minimum absolute atomic E-state index is 0.249. The van der Waals surface area contributed by atoms with Gasteiger partial charge < -0.3 is 4.74 Å². The molecule has 1 N–H and O–H groups in total. The Kier molecular flexibility index (Phi) is 7.64. The number of benzene rings is 3. The van der Waals surface area contributed by atoms with Crippen LogP contribution in [0, 0.1) is 0 Å². The summed E-state index contributed by atoms with van der Waals surface area (Å²) in [7, 11) is 0. The van der Waals surface area contributed by atoms with Crippen molar-refractivity contribution >= 4 is 78.1 Å². The average molecular weight is 604 g/mol. The third-order valence-corrected chi connectivity index (χ3v) is 6.93. The van der Waals surface area contributed by atoms with Gasteiger partial charge in [-0.15, -0.1) is 0 Å². The molecule has 1 fully saturated rings. The molecule has 0 bridgehead atoms. The molecule has 3 aromatic carbocycles. The molecule has 0 saturated carbocycles. The molecule has 2 amide bonds. The van der Waals surface area contributed by atoms with Crippen molar-refractivity contribution in [2.45, 2.75) is 6.61 Å². The monoisotopic (exact) mass is 602 g/mol. The Balaban J connectivity index is 1.52. The smallest absolute Gasteiger partial charge is 0.285 e. The number of halogens is 2. The van der Waals surface area contributed by atoms with E-state index in [9.17, 15) is 9.59 Å². The zero-order chi connectivity index (χ0) is 23.4. The number of hydrogen-bond acceptors (Lipinski definition) is 5. The molecule has 0 radical (unpaired) electrons. The Morgan fingerprint density at radius 3 is 2.45 bits per heavy atom. The van der Waals surface area contributed by atoms with Crippen LogP contribution in [0.2, 0.25) is 0 Å². The van der Waals surface area contributed by atoms with Crippen molar-refractivity contribution in [3.8, 4) is 5.75 Å². The summed E-state index contributed by atoms with van der Waals surface area (Å²) in [6.07, 6.45) is 1.72. The molecule has 1 aliphatic rings. The molecule has 4 rings (SSSR count). The Morgan fingerprint density at radius 1 is 1.03 bits per heavy atom. The number of thiocarbonyl (C=S) groups is 1. The molecule has 33 heavy (non-hydrogen) atoms. The normalized spacial score (nSPS) is 14.6. The number of hydrogen-bond donors (Lipinski definition) is 1. The van der Waals surface area contributed by atoms with Gasteiger partial charge in [-0.1, -0.05) is 74.0 Å². The predicted octanol–water partition coefficient (Wildman–Crippen LogP) is 6.34. The molecule has 1 aliphatic heterocycles. The zero-order valence-electron chi connectivity index (χ0n) is 17.0. The van der Waals surface area contributed by atoms with E-state index in [-0.39, 0.29) is 4.32 Å². The van der Waals surface area contributed by atoms with Crippen LogP contribution in [0.4, 0.5) is 0 Å². The van der Waals surface area contributed by atoms with Gasteiger partial charge in [0.05, 0.1) is 4.91 Å². The fraction of sp³-hybridized carbons (Fsp3) is 0.0417. The Hall–Kier alpha value is -2.46. The van der Waals surface area contributed by atoms with Crippen LogP contribution in [-0.2, 0) is 11.4 Å².